The van der Waals surface area contributed by atoms with Crippen molar-refractivity contribution >= 4 is 0 Å². The van der Waals surface area contributed by atoms with Crippen LogP contribution in [0.4, 0.5) is 0 Å². The van der Waals surface area contributed by atoms with Crippen LogP contribution in [0.25, 0.3) is 0 Å². The third kappa shape index (κ3) is 3.32. The van der Waals surface area contributed by atoms with Gasteiger partial charge in [-0.1, -0.05) is 6.42 Å². The van der Waals surface area contributed by atoms with Crippen LogP contribution in [0, 0.1) is 0 Å². The van der Waals surface area contributed by atoms with E-state index >= 15 is 0 Å². The van der Waals surface area contributed by atoms with Crippen LogP contribution < -0.4 is 0 Å². The molecular formula is C16H30N2O. The Balaban J connectivity index is 1.64. The Hall–Kier alpha value is -0.120. The van der Waals surface area contributed by atoms with Crippen molar-refractivity contribution in [2.24, 2.45) is 0 Å². The van der Waals surface area contributed by atoms with Gasteiger partial charge in [0.1, 0.15) is 0 Å². The summed E-state index contributed by atoms with van der Waals surface area (Å²) >= 11 is 0. The van der Waals surface area contributed by atoms with Crippen molar-refractivity contribution in [1.82, 2.24) is 9.80 Å². The van der Waals surface area contributed by atoms with Crippen molar-refractivity contribution in [1.29, 1.82) is 0 Å². The van der Waals surface area contributed by atoms with Crippen LogP contribution in [0.3, 0.4) is 0 Å². The average Bonchev–Trinajstić information content (AvgIpc) is 2.59. The Morgan fingerprint density at radius 3 is 2.53 bits per heavy atom. The second-order valence-corrected chi connectivity index (χ2v) is 7.29. The largest absolute Gasteiger partial charge is 0.375 e. The predicted molar refractivity (Wildman–Crippen MR) is 78.5 cm³/mol. The van der Waals surface area contributed by atoms with E-state index in [4.69, 9.17) is 4.74 Å². The van der Waals surface area contributed by atoms with Gasteiger partial charge < -0.3 is 4.74 Å². The molecule has 3 fully saturated rings. The molecule has 2 unspecified atom stereocenters. The normalized spacial score (nSPS) is 37.6. The minimum absolute atomic E-state index is 0.0848. The summed E-state index contributed by atoms with van der Waals surface area (Å²) in [4.78, 5) is 5.55. The first-order valence-electron chi connectivity index (χ1n) is 8.26. The summed E-state index contributed by atoms with van der Waals surface area (Å²) in [7, 11) is 0. The zero-order valence-corrected chi connectivity index (χ0v) is 12.7. The van der Waals surface area contributed by atoms with Gasteiger partial charge in [0.05, 0.1) is 5.60 Å². The van der Waals surface area contributed by atoms with Crippen LogP contribution in [0.5, 0.6) is 0 Å². The maximum Gasteiger partial charge on any atom is 0.0641 e. The highest BCUT2D eigenvalue weighted by atomic mass is 16.5. The monoisotopic (exact) mass is 266 g/mol. The lowest BCUT2D eigenvalue weighted by Gasteiger charge is -2.42. The van der Waals surface area contributed by atoms with Gasteiger partial charge in [-0.25, -0.2) is 0 Å². The molecule has 3 heteroatoms. The average molecular weight is 266 g/mol. The van der Waals surface area contributed by atoms with Crippen LogP contribution in [0.15, 0.2) is 0 Å². The van der Waals surface area contributed by atoms with Crippen LogP contribution >= 0.6 is 0 Å². The molecule has 3 rings (SSSR count). The Bertz CT molecular complexity index is 305. The Morgan fingerprint density at radius 1 is 0.895 bits per heavy atom. The molecule has 3 aliphatic rings. The van der Waals surface area contributed by atoms with Gasteiger partial charge in [0.15, 0.2) is 0 Å². The first kappa shape index (κ1) is 13.8. The van der Waals surface area contributed by atoms with E-state index in [1.54, 1.807) is 0 Å². The van der Waals surface area contributed by atoms with E-state index in [1.807, 2.05) is 0 Å². The van der Waals surface area contributed by atoms with Crippen molar-refractivity contribution in [2.75, 3.05) is 32.8 Å². The fraction of sp³-hybridized carbons (Fsp3) is 1.00. The highest BCUT2D eigenvalue weighted by Crippen LogP contribution is 2.30. The molecule has 0 aliphatic carbocycles. The van der Waals surface area contributed by atoms with Crippen LogP contribution in [0.1, 0.15) is 52.4 Å². The summed E-state index contributed by atoms with van der Waals surface area (Å²) in [5, 5.41) is 0. The standard InChI is InChI=1S/C16H30N2O/c1-16(2)12-14(7-11-19-16)18-10-5-9-17-8-4-3-6-15(17)13-18/h14-15H,3-13H2,1-2H3. The smallest absolute Gasteiger partial charge is 0.0641 e. The van der Waals surface area contributed by atoms with Crippen LogP contribution in [-0.4, -0.2) is 60.3 Å². The SMILES string of the molecule is CC1(C)CC(N2CCCN3CCCCC3C2)CCO1. The van der Waals surface area contributed by atoms with Crippen LogP contribution in [0.2, 0.25) is 0 Å². The predicted octanol–water partition coefficient (Wildman–Crippen LogP) is 2.50. The van der Waals surface area contributed by atoms with E-state index in [2.05, 4.69) is 23.6 Å². The minimum atomic E-state index is 0.0848. The third-order valence-electron chi connectivity index (χ3n) is 5.27. The maximum absolute atomic E-state index is 5.89. The number of hydrogen-bond donors (Lipinski definition) is 0. The fourth-order valence-corrected chi connectivity index (χ4v) is 4.24. The molecule has 0 amide bonds. The first-order chi connectivity index (χ1) is 9.14. The van der Waals surface area contributed by atoms with Crippen molar-refractivity contribution in [2.45, 2.75) is 70.1 Å². The third-order valence-corrected chi connectivity index (χ3v) is 5.27. The number of hydrogen-bond acceptors (Lipinski definition) is 3. The van der Waals surface area contributed by atoms with E-state index in [9.17, 15) is 0 Å². The lowest BCUT2D eigenvalue weighted by Crippen LogP contribution is -2.50. The molecule has 0 aromatic carbocycles. The first-order valence-corrected chi connectivity index (χ1v) is 8.26. The molecule has 19 heavy (non-hydrogen) atoms. The fourth-order valence-electron chi connectivity index (χ4n) is 4.24. The molecule has 0 bridgehead atoms. The van der Waals surface area contributed by atoms with Crippen molar-refractivity contribution in [3.05, 3.63) is 0 Å². The number of ether oxygens (including phenoxy) is 1. The van der Waals surface area contributed by atoms with Gasteiger partial charge in [0.25, 0.3) is 0 Å². The van der Waals surface area contributed by atoms with Crippen molar-refractivity contribution in [3.63, 3.8) is 0 Å². The van der Waals surface area contributed by atoms with Gasteiger partial charge in [-0.15, -0.1) is 0 Å². The molecule has 3 heterocycles. The molecule has 0 spiro atoms. The molecule has 0 aromatic heterocycles. The maximum atomic E-state index is 5.89. The van der Waals surface area contributed by atoms with Crippen molar-refractivity contribution in [3.8, 4) is 0 Å². The number of nitrogens with zero attached hydrogens (tertiary/aromatic N) is 2. The zero-order chi connectivity index (χ0) is 13.3. The highest BCUT2D eigenvalue weighted by Gasteiger charge is 2.35. The van der Waals surface area contributed by atoms with Gasteiger partial charge in [-0.2, -0.15) is 0 Å². The second-order valence-electron chi connectivity index (χ2n) is 7.29. The topological polar surface area (TPSA) is 15.7 Å². The molecule has 110 valence electrons. The van der Waals surface area contributed by atoms with E-state index in [-0.39, 0.29) is 5.60 Å². The summed E-state index contributed by atoms with van der Waals surface area (Å²) in [6.45, 7) is 10.7. The van der Waals surface area contributed by atoms with E-state index in [1.165, 1.54) is 64.7 Å². The van der Waals surface area contributed by atoms with Gasteiger partial charge in [-0.05, 0) is 65.6 Å². The summed E-state index contributed by atoms with van der Waals surface area (Å²) in [6.07, 6.45) is 8.07. The quantitative estimate of drug-likeness (QED) is 0.725. The molecule has 3 aliphatic heterocycles. The van der Waals surface area contributed by atoms with Gasteiger partial charge in [-0.3, -0.25) is 9.80 Å². The summed E-state index contributed by atoms with van der Waals surface area (Å²) in [5.74, 6) is 0. The molecule has 2 atom stereocenters. The molecular weight excluding hydrogens is 236 g/mol. The van der Waals surface area contributed by atoms with Gasteiger partial charge >= 0.3 is 0 Å². The molecule has 3 nitrogen and oxygen atoms in total. The molecule has 0 N–H and O–H groups in total. The highest BCUT2D eigenvalue weighted by molar-refractivity contribution is 4.90. The van der Waals surface area contributed by atoms with Gasteiger partial charge in [0.2, 0.25) is 0 Å². The molecule has 3 saturated heterocycles. The number of piperidine rings is 1. The van der Waals surface area contributed by atoms with E-state index in [0.29, 0.717) is 0 Å². The van der Waals surface area contributed by atoms with E-state index in [0.717, 1.165) is 18.7 Å². The second kappa shape index (κ2) is 5.71. The lowest BCUT2D eigenvalue weighted by atomic mass is 9.92. The van der Waals surface area contributed by atoms with Gasteiger partial charge in [0, 0.05) is 25.2 Å². The summed E-state index contributed by atoms with van der Waals surface area (Å²) in [5.41, 5.74) is 0.0848. The Morgan fingerprint density at radius 2 is 1.68 bits per heavy atom. The summed E-state index contributed by atoms with van der Waals surface area (Å²) < 4.78 is 5.89. The Labute approximate surface area is 118 Å². The lowest BCUT2D eigenvalue weighted by molar-refractivity contribution is -0.0842. The number of fused-ring (bicyclic) bond motifs is 1. The molecule has 0 radical (unpaired) electrons. The minimum Gasteiger partial charge on any atom is -0.375 e. The summed E-state index contributed by atoms with van der Waals surface area (Å²) in [6, 6.07) is 1.59. The molecule has 0 aromatic rings. The van der Waals surface area contributed by atoms with Crippen molar-refractivity contribution < 1.29 is 4.74 Å². The van der Waals surface area contributed by atoms with E-state index < -0.39 is 0 Å². The zero-order valence-electron chi connectivity index (χ0n) is 12.7. The number of rotatable bonds is 1. The Kier molecular flexibility index (Phi) is 4.16. The molecule has 0 saturated carbocycles. The van der Waals surface area contributed by atoms with Crippen LogP contribution in [-0.2, 0) is 4.74 Å².